The quantitative estimate of drug-likeness (QED) is 0.561. The van der Waals surface area contributed by atoms with Crippen molar-refractivity contribution >= 4 is 22.7 Å². The van der Waals surface area contributed by atoms with Crippen LogP contribution in [0.2, 0.25) is 0 Å². The fraction of sp³-hybridized carbons (Fsp3) is 0.190. The minimum absolute atomic E-state index is 0.290. The van der Waals surface area contributed by atoms with Crippen LogP contribution in [-0.2, 0) is 12.8 Å². The lowest BCUT2D eigenvalue weighted by molar-refractivity contribution is 0.102. The van der Waals surface area contributed by atoms with E-state index >= 15 is 0 Å². The number of rotatable bonds is 3. The highest BCUT2D eigenvalue weighted by atomic mass is 19.2. The molecule has 2 aromatic heterocycles. The highest BCUT2D eigenvalue weighted by Gasteiger charge is 2.27. The average molecular weight is 394 g/mol. The molecule has 6 nitrogen and oxygen atoms in total. The largest absolute Gasteiger partial charge is 0.441 e. The molecule has 4 aromatic rings. The number of anilines is 1. The lowest BCUT2D eigenvalue weighted by atomic mass is 10.2. The fourth-order valence-corrected chi connectivity index (χ4v) is 3.76. The van der Waals surface area contributed by atoms with Gasteiger partial charge in [-0.3, -0.25) is 4.79 Å². The van der Waals surface area contributed by atoms with E-state index in [1.165, 1.54) is 10.7 Å². The lowest BCUT2D eigenvalue weighted by Gasteiger charge is -2.06. The maximum absolute atomic E-state index is 13.7. The smallest absolute Gasteiger partial charge is 0.276 e. The highest BCUT2D eigenvalue weighted by molar-refractivity contribution is 6.04. The number of amides is 1. The van der Waals surface area contributed by atoms with Crippen LogP contribution < -0.4 is 5.32 Å². The first-order valence-electron chi connectivity index (χ1n) is 9.24. The van der Waals surface area contributed by atoms with Gasteiger partial charge in [0.25, 0.3) is 5.91 Å². The van der Waals surface area contributed by atoms with Gasteiger partial charge in [0.1, 0.15) is 5.52 Å². The van der Waals surface area contributed by atoms with E-state index in [4.69, 9.17) is 4.42 Å². The van der Waals surface area contributed by atoms with Gasteiger partial charge in [0.15, 0.2) is 28.8 Å². The minimum atomic E-state index is -0.952. The molecule has 0 saturated carbocycles. The molecule has 2 heterocycles. The number of fused-ring (bicyclic) bond motifs is 2. The standard InChI is InChI=1S/C21H16F2N4O2/c1-11-24-17-9-12(5-8-19(17)29-11)25-21(28)20-14-3-2-4-18(14)27(26-20)13-6-7-15(22)16(23)10-13/h5-10H,2-4H2,1H3,(H,25,28). The van der Waals surface area contributed by atoms with Gasteiger partial charge in [-0.15, -0.1) is 0 Å². The molecule has 5 rings (SSSR count). The molecule has 0 saturated heterocycles. The summed E-state index contributed by atoms with van der Waals surface area (Å²) < 4.78 is 34.0. The number of carbonyl (C=O) groups excluding carboxylic acids is 1. The molecular formula is C21H16F2N4O2. The Labute approximate surface area is 164 Å². The number of nitrogens with zero attached hydrogens (tertiary/aromatic N) is 3. The summed E-state index contributed by atoms with van der Waals surface area (Å²) in [6, 6.07) is 8.81. The SMILES string of the molecule is Cc1nc2cc(NC(=O)c3nn(-c4ccc(F)c(F)c4)c4c3CCC4)ccc2o1. The van der Waals surface area contributed by atoms with Crippen molar-refractivity contribution in [2.45, 2.75) is 26.2 Å². The third kappa shape index (κ3) is 2.97. The monoisotopic (exact) mass is 394 g/mol. The number of halogens is 2. The Kier molecular flexibility index (Phi) is 3.94. The molecule has 1 aliphatic rings. The summed E-state index contributed by atoms with van der Waals surface area (Å²) in [5.74, 6) is -1.68. The van der Waals surface area contributed by atoms with E-state index in [0.29, 0.717) is 40.5 Å². The zero-order valence-electron chi connectivity index (χ0n) is 15.5. The van der Waals surface area contributed by atoms with Crippen molar-refractivity contribution < 1.29 is 18.0 Å². The second-order valence-corrected chi connectivity index (χ2v) is 7.01. The number of carbonyl (C=O) groups is 1. The van der Waals surface area contributed by atoms with Crippen LogP contribution in [0.4, 0.5) is 14.5 Å². The van der Waals surface area contributed by atoms with Crippen LogP contribution in [0, 0.1) is 18.6 Å². The molecule has 1 aliphatic carbocycles. The lowest BCUT2D eigenvalue weighted by Crippen LogP contribution is -2.15. The summed E-state index contributed by atoms with van der Waals surface area (Å²) in [6.45, 7) is 1.76. The van der Waals surface area contributed by atoms with Crippen molar-refractivity contribution in [1.82, 2.24) is 14.8 Å². The Hall–Kier alpha value is -3.55. The molecule has 0 fully saturated rings. The van der Waals surface area contributed by atoms with Gasteiger partial charge in [0.2, 0.25) is 0 Å². The molecule has 0 radical (unpaired) electrons. The summed E-state index contributed by atoms with van der Waals surface area (Å²) in [7, 11) is 0. The van der Waals surface area contributed by atoms with Crippen LogP contribution >= 0.6 is 0 Å². The van der Waals surface area contributed by atoms with Crippen molar-refractivity contribution in [3.63, 3.8) is 0 Å². The van der Waals surface area contributed by atoms with Gasteiger partial charge in [0, 0.05) is 29.9 Å². The van der Waals surface area contributed by atoms with E-state index in [1.807, 2.05) is 0 Å². The summed E-state index contributed by atoms with van der Waals surface area (Å²) >= 11 is 0. The molecular weight excluding hydrogens is 378 g/mol. The van der Waals surface area contributed by atoms with Gasteiger partial charge in [0.05, 0.1) is 5.69 Å². The van der Waals surface area contributed by atoms with E-state index in [1.54, 1.807) is 25.1 Å². The maximum Gasteiger partial charge on any atom is 0.276 e. The third-order valence-electron chi connectivity index (χ3n) is 5.05. The van der Waals surface area contributed by atoms with Gasteiger partial charge >= 0.3 is 0 Å². The fourth-order valence-electron chi connectivity index (χ4n) is 3.76. The van der Waals surface area contributed by atoms with E-state index in [9.17, 15) is 13.6 Å². The molecule has 0 bridgehead atoms. The molecule has 1 N–H and O–H groups in total. The predicted molar refractivity (Wildman–Crippen MR) is 102 cm³/mol. The average Bonchev–Trinajstić information content (AvgIpc) is 3.37. The summed E-state index contributed by atoms with van der Waals surface area (Å²) in [6.07, 6.45) is 2.31. The number of hydrogen-bond acceptors (Lipinski definition) is 4. The molecule has 0 spiro atoms. The second-order valence-electron chi connectivity index (χ2n) is 7.01. The van der Waals surface area contributed by atoms with Crippen molar-refractivity contribution in [1.29, 1.82) is 0 Å². The number of aromatic nitrogens is 3. The Morgan fingerprint density at radius 1 is 1.14 bits per heavy atom. The van der Waals surface area contributed by atoms with Crippen molar-refractivity contribution in [3.8, 4) is 5.69 Å². The van der Waals surface area contributed by atoms with Crippen LogP contribution in [0.5, 0.6) is 0 Å². The minimum Gasteiger partial charge on any atom is -0.441 e. The normalized spacial score (nSPS) is 13.1. The predicted octanol–water partition coefficient (Wildman–Crippen LogP) is 4.34. The summed E-state index contributed by atoms with van der Waals surface area (Å²) in [5, 5.41) is 7.26. The van der Waals surface area contributed by atoms with Gasteiger partial charge in [-0.2, -0.15) is 5.10 Å². The van der Waals surface area contributed by atoms with Gasteiger partial charge in [-0.25, -0.2) is 18.4 Å². The summed E-state index contributed by atoms with van der Waals surface area (Å²) in [4.78, 5) is 17.2. The Morgan fingerprint density at radius 2 is 2.00 bits per heavy atom. The molecule has 146 valence electrons. The maximum atomic E-state index is 13.7. The van der Waals surface area contributed by atoms with E-state index in [2.05, 4.69) is 15.4 Å². The van der Waals surface area contributed by atoms with Gasteiger partial charge in [-0.05, 0) is 49.6 Å². The molecule has 29 heavy (non-hydrogen) atoms. The summed E-state index contributed by atoms with van der Waals surface area (Å²) in [5.41, 5.74) is 4.24. The van der Waals surface area contributed by atoms with Crippen LogP contribution in [0.15, 0.2) is 40.8 Å². The first kappa shape index (κ1) is 17.5. The van der Waals surface area contributed by atoms with E-state index < -0.39 is 11.6 Å². The Morgan fingerprint density at radius 3 is 2.83 bits per heavy atom. The molecule has 8 heteroatoms. The molecule has 0 atom stereocenters. The van der Waals surface area contributed by atoms with Crippen molar-refractivity contribution in [2.75, 3.05) is 5.32 Å². The van der Waals surface area contributed by atoms with Gasteiger partial charge in [-0.1, -0.05) is 0 Å². The van der Waals surface area contributed by atoms with Crippen molar-refractivity contribution in [3.05, 3.63) is 70.9 Å². The number of hydrogen-bond donors (Lipinski definition) is 1. The van der Waals surface area contributed by atoms with Crippen molar-refractivity contribution in [2.24, 2.45) is 0 Å². The molecule has 2 aromatic carbocycles. The van der Waals surface area contributed by atoms with E-state index in [0.717, 1.165) is 36.2 Å². The number of nitrogens with one attached hydrogen (secondary N) is 1. The highest BCUT2D eigenvalue weighted by Crippen LogP contribution is 2.29. The van der Waals surface area contributed by atoms with Crippen LogP contribution in [0.3, 0.4) is 0 Å². The number of benzene rings is 2. The number of aryl methyl sites for hydroxylation is 1. The Balaban J connectivity index is 1.50. The zero-order chi connectivity index (χ0) is 20.1. The topological polar surface area (TPSA) is 73.0 Å². The Bertz CT molecular complexity index is 1280. The van der Waals surface area contributed by atoms with E-state index in [-0.39, 0.29) is 5.91 Å². The molecule has 0 unspecified atom stereocenters. The van der Waals surface area contributed by atoms with Crippen LogP contribution in [0.25, 0.3) is 16.8 Å². The molecule has 1 amide bonds. The first-order chi connectivity index (χ1) is 14.0. The van der Waals surface area contributed by atoms with Gasteiger partial charge < -0.3 is 9.73 Å². The third-order valence-corrected chi connectivity index (χ3v) is 5.05. The number of oxazole rings is 1. The molecule has 0 aliphatic heterocycles. The zero-order valence-corrected chi connectivity index (χ0v) is 15.5. The van der Waals surface area contributed by atoms with Crippen LogP contribution in [0.1, 0.15) is 34.1 Å². The second kappa shape index (κ2) is 6.51. The first-order valence-corrected chi connectivity index (χ1v) is 9.24. The van der Waals surface area contributed by atoms with Crippen LogP contribution in [-0.4, -0.2) is 20.7 Å².